The highest BCUT2D eigenvalue weighted by Gasteiger charge is 2.16. The molecule has 0 bridgehead atoms. The number of carbonyl (C=O) groups excluding carboxylic acids is 2. The maximum Gasteiger partial charge on any atom is 0.345 e. The molecule has 0 heterocycles. The molecule has 0 atom stereocenters. The van der Waals surface area contributed by atoms with Crippen LogP contribution in [-0.4, -0.2) is 34.9 Å². The number of hydrogen-bond acceptors (Lipinski definition) is 7. The number of phenolic OH excluding ortho intramolecular Hbond substituents is 2. The summed E-state index contributed by atoms with van der Waals surface area (Å²) in [7, 11) is 0. The number of benzene rings is 3. The van der Waals surface area contributed by atoms with E-state index < -0.39 is 11.9 Å². The van der Waals surface area contributed by atoms with Crippen molar-refractivity contribution in [2.45, 2.75) is 6.92 Å². The Labute approximate surface area is 199 Å². The Morgan fingerprint density at radius 3 is 2.45 bits per heavy atom. The molecule has 33 heavy (non-hydrogen) atoms. The average molecular weight is 489 g/mol. The molecule has 0 aliphatic rings. The zero-order valence-corrected chi connectivity index (χ0v) is 18.7. The monoisotopic (exact) mass is 488 g/mol. The van der Waals surface area contributed by atoms with Gasteiger partial charge in [0, 0.05) is 11.1 Å². The van der Waals surface area contributed by atoms with Crippen LogP contribution in [0.2, 0.25) is 10.0 Å². The Balaban J connectivity index is 1.73. The van der Waals surface area contributed by atoms with Gasteiger partial charge >= 0.3 is 5.97 Å². The van der Waals surface area contributed by atoms with Gasteiger partial charge in [-0.25, -0.2) is 10.2 Å². The number of phenols is 2. The number of carbonyl (C=O) groups is 2. The molecule has 170 valence electrons. The first-order valence-corrected chi connectivity index (χ1v) is 10.3. The Morgan fingerprint density at radius 1 is 1.00 bits per heavy atom. The lowest BCUT2D eigenvalue weighted by Crippen LogP contribution is -2.17. The second-order valence-corrected chi connectivity index (χ2v) is 7.40. The van der Waals surface area contributed by atoms with Crippen LogP contribution in [0.4, 0.5) is 0 Å². The van der Waals surface area contributed by atoms with Crippen LogP contribution in [0.3, 0.4) is 0 Å². The Kier molecular flexibility index (Phi) is 7.76. The third-order valence-electron chi connectivity index (χ3n) is 4.23. The molecule has 0 fully saturated rings. The second-order valence-electron chi connectivity index (χ2n) is 6.55. The van der Waals surface area contributed by atoms with Crippen molar-refractivity contribution < 1.29 is 29.3 Å². The molecule has 3 aromatic carbocycles. The Bertz CT molecular complexity index is 1230. The summed E-state index contributed by atoms with van der Waals surface area (Å²) in [4.78, 5) is 24.6. The summed E-state index contributed by atoms with van der Waals surface area (Å²) >= 11 is 11.9. The summed E-state index contributed by atoms with van der Waals surface area (Å²) in [5.74, 6) is -1.45. The lowest BCUT2D eigenvalue weighted by molar-refractivity contribution is 0.0728. The van der Waals surface area contributed by atoms with Crippen LogP contribution in [0.25, 0.3) is 0 Å². The third-order valence-corrected chi connectivity index (χ3v) is 4.77. The SMILES string of the molecule is CCOc1cc(C=NNC(=O)c2ccc(O)cc2O)ccc1OC(=O)c1ccc(Cl)cc1Cl. The minimum atomic E-state index is -0.681. The number of aromatic hydroxyl groups is 2. The Morgan fingerprint density at radius 2 is 1.76 bits per heavy atom. The lowest BCUT2D eigenvalue weighted by atomic mass is 10.2. The van der Waals surface area contributed by atoms with Gasteiger partial charge in [0.05, 0.1) is 29.0 Å². The number of esters is 1. The fourth-order valence-electron chi connectivity index (χ4n) is 2.71. The van der Waals surface area contributed by atoms with Crippen LogP contribution < -0.4 is 14.9 Å². The zero-order chi connectivity index (χ0) is 24.0. The number of hydrazone groups is 1. The van der Waals surface area contributed by atoms with E-state index in [1.807, 2.05) is 0 Å². The molecular formula is C23H18Cl2N2O6. The van der Waals surface area contributed by atoms with E-state index in [4.69, 9.17) is 32.7 Å². The standard InChI is InChI=1S/C23H18Cl2N2O6/c1-2-32-21-9-13(12-26-27-22(30)17-7-5-15(28)11-19(17)29)3-8-20(21)33-23(31)16-6-4-14(24)10-18(16)25/h3-12,28-29H,2H2,1H3,(H,27,30). The van der Waals surface area contributed by atoms with Gasteiger partial charge in [0.15, 0.2) is 11.5 Å². The summed E-state index contributed by atoms with van der Waals surface area (Å²) in [6.07, 6.45) is 1.35. The summed E-state index contributed by atoms with van der Waals surface area (Å²) < 4.78 is 11.0. The summed E-state index contributed by atoms with van der Waals surface area (Å²) in [6, 6.07) is 12.7. The second kappa shape index (κ2) is 10.7. The van der Waals surface area contributed by atoms with Gasteiger partial charge in [0.2, 0.25) is 0 Å². The molecule has 3 N–H and O–H groups in total. The van der Waals surface area contributed by atoms with E-state index in [9.17, 15) is 19.8 Å². The van der Waals surface area contributed by atoms with Crippen LogP contribution in [-0.2, 0) is 0 Å². The number of nitrogens with one attached hydrogen (secondary N) is 1. The highest BCUT2D eigenvalue weighted by molar-refractivity contribution is 6.36. The van der Waals surface area contributed by atoms with Crippen molar-refractivity contribution in [3.63, 3.8) is 0 Å². The molecule has 0 saturated carbocycles. The van der Waals surface area contributed by atoms with Gasteiger partial charge in [-0.1, -0.05) is 23.2 Å². The molecule has 3 aromatic rings. The fraction of sp³-hybridized carbons (Fsp3) is 0.0870. The lowest BCUT2D eigenvalue weighted by Gasteiger charge is -2.12. The van der Waals surface area contributed by atoms with Crippen LogP contribution in [0.15, 0.2) is 59.7 Å². The van der Waals surface area contributed by atoms with Gasteiger partial charge in [-0.05, 0) is 61.0 Å². The topological polar surface area (TPSA) is 117 Å². The molecule has 3 rings (SSSR count). The zero-order valence-electron chi connectivity index (χ0n) is 17.2. The van der Waals surface area contributed by atoms with Crippen LogP contribution in [0.1, 0.15) is 33.2 Å². The first-order valence-electron chi connectivity index (χ1n) is 9.58. The largest absolute Gasteiger partial charge is 0.508 e. The van der Waals surface area contributed by atoms with Crippen molar-refractivity contribution in [2.24, 2.45) is 5.10 Å². The first-order chi connectivity index (χ1) is 15.8. The Hall–Kier alpha value is -3.75. The number of halogens is 2. The molecule has 10 heteroatoms. The molecule has 0 spiro atoms. The number of rotatable bonds is 7. The van der Waals surface area contributed by atoms with Crippen molar-refractivity contribution in [1.29, 1.82) is 0 Å². The number of ether oxygens (including phenoxy) is 2. The van der Waals surface area contributed by atoms with Crippen molar-refractivity contribution in [2.75, 3.05) is 6.61 Å². The quantitative estimate of drug-likeness (QED) is 0.190. The third kappa shape index (κ3) is 6.15. The van der Waals surface area contributed by atoms with Gasteiger partial charge in [-0.2, -0.15) is 5.10 Å². The van der Waals surface area contributed by atoms with Crippen molar-refractivity contribution in [1.82, 2.24) is 5.43 Å². The summed E-state index contributed by atoms with van der Waals surface area (Å²) in [5.41, 5.74) is 2.91. The maximum atomic E-state index is 12.5. The number of nitrogens with zero attached hydrogens (tertiary/aromatic N) is 1. The average Bonchev–Trinajstić information content (AvgIpc) is 2.75. The van der Waals surface area contributed by atoms with Crippen molar-refractivity contribution >= 4 is 41.3 Å². The predicted octanol–water partition coefficient (Wildman–Crippen LogP) is 4.79. The molecule has 8 nitrogen and oxygen atoms in total. The molecular weight excluding hydrogens is 471 g/mol. The van der Waals surface area contributed by atoms with Gasteiger partial charge in [-0.3, -0.25) is 4.79 Å². The van der Waals surface area contributed by atoms with E-state index >= 15 is 0 Å². The smallest absolute Gasteiger partial charge is 0.345 e. The predicted molar refractivity (Wildman–Crippen MR) is 124 cm³/mol. The molecule has 0 aliphatic carbocycles. The van der Waals surface area contributed by atoms with E-state index in [2.05, 4.69) is 10.5 Å². The van der Waals surface area contributed by atoms with Gasteiger partial charge in [0.25, 0.3) is 5.91 Å². The van der Waals surface area contributed by atoms with Gasteiger partial charge in [0.1, 0.15) is 11.5 Å². The molecule has 0 radical (unpaired) electrons. The molecule has 0 aromatic heterocycles. The number of amides is 1. The normalized spacial score (nSPS) is 10.8. The molecule has 1 amide bonds. The van der Waals surface area contributed by atoms with Crippen LogP contribution >= 0.6 is 23.2 Å². The van der Waals surface area contributed by atoms with E-state index in [0.29, 0.717) is 17.2 Å². The maximum absolute atomic E-state index is 12.5. The molecule has 0 saturated heterocycles. The van der Waals surface area contributed by atoms with E-state index in [0.717, 1.165) is 6.07 Å². The minimum Gasteiger partial charge on any atom is -0.508 e. The summed E-state index contributed by atoms with van der Waals surface area (Å²) in [5, 5.41) is 23.4. The van der Waals surface area contributed by atoms with Gasteiger partial charge < -0.3 is 19.7 Å². The van der Waals surface area contributed by atoms with Gasteiger partial charge in [-0.15, -0.1) is 0 Å². The number of hydrogen-bond donors (Lipinski definition) is 3. The van der Waals surface area contributed by atoms with Crippen molar-refractivity contribution in [3.05, 3.63) is 81.3 Å². The van der Waals surface area contributed by atoms with E-state index in [1.165, 1.54) is 42.6 Å². The first kappa shape index (κ1) is 23.9. The summed E-state index contributed by atoms with van der Waals surface area (Å²) in [6.45, 7) is 2.08. The molecule has 0 aliphatic heterocycles. The van der Waals surface area contributed by atoms with E-state index in [-0.39, 0.29) is 39.1 Å². The minimum absolute atomic E-state index is 0.0527. The van der Waals surface area contributed by atoms with Crippen molar-refractivity contribution in [3.8, 4) is 23.0 Å². The highest BCUT2D eigenvalue weighted by atomic mass is 35.5. The van der Waals surface area contributed by atoms with Crippen LogP contribution in [0.5, 0.6) is 23.0 Å². The molecule has 0 unspecified atom stereocenters. The highest BCUT2D eigenvalue weighted by Crippen LogP contribution is 2.30. The van der Waals surface area contributed by atoms with Crippen LogP contribution in [0, 0.1) is 0 Å². The fourth-order valence-corrected chi connectivity index (χ4v) is 3.19. The van der Waals surface area contributed by atoms with E-state index in [1.54, 1.807) is 19.1 Å².